The first-order valence-electron chi connectivity index (χ1n) is 16.8. The van der Waals surface area contributed by atoms with E-state index in [4.69, 9.17) is 16.5 Å². The molecule has 5 fully saturated rings. The van der Waals surface area contributed by atoms with Crippen molar-refractivity contribution in [3.63, 3.8) is 0 Å². The maximum Gasteiger partial charge on any atom is 0.350 e. The molecule has 4 nitrogen and oxygen atoms in total. The molecular formula is C32H56O4Si4. The Hall–Kier alpha value is -0.332. The molecule has 40 heavy (non-hydrogen) atoms. The Labute approximate surface area is 249 Å². The van der Waals surface area contributed by atoms with Crippen LogP contribution >= 0.6 is 0 Å². The van der Waals surface area contributed by atoms with Gasteiger partial charge in [0.15, 0.2) is 0 Å². The molecule has 0 bridgehead atoms. The zero-order valence-electron chi connectivity index (χ0n) is 25.2. The standard InChI is InChI=1S/C32H56O4Si4/c1-5-37(29-21-13-9-14-22-29)33-38(6-2,30-23-15-10-16-24-30)35-40(8-4,32-27-19-12-20-28-32)36-39(7-3,34-37)31-25-17-11-18-26-31/h5-8,29-32H,1-4,9-28H2. The highest BCUT2D eigenvalue weighted by atomic mass is 28.5. The van der Waals surface area contributed by atoms with Gasteiger partial charge < -0.3 is 16.5 Å². The van der Waals surface area contributed by atoms with E-state index in [1.807, 2.05) is 0 Å². The van der Waals surface area contributed by atoms with Crippen molar-refractivity contribution in [1.29, 1.82) is 0 Å². The summed E-state index contributed by atoms with van der Waals surface area (Å²) in [5, 5.41) is 0. The van der Waals surface area contributed by atoms with E-state index in [0.717, 1.165) is 51.4 Å². The van der Waals surface area contributed by atoms with Gasteiger partial charge in [-0.2, -0.15) is 0 Å². The molecule has 224 valence electrons. The molecule has 0 atom stereocenters. The summed E-state index contributed by atoms with van der Waals surface area (Å²) in [6.07, 6.45) is 24.4. The van der Waals surface area contributed by atoms with Crippen molar-refractivity contribution in [3.8, 4) is 0 Å². The van der Waals surface area contributed by atoms with E-state index in [1.165, 1.54) is 77.0 Å². The lowest BCUT2D eigenvalue weighted by atomic mass is 10.0. The summed E-state index contributed by atoms with van der Waals surface area (Å²) in [5.74, 6) is 0. The molecule has 0 aromatic rings. The average Bonchev–Trinajstić information content (AvgIpc) is 3.04. The third-order valence-electron chi connectivity index (χ3n) is 11.1. The lowest BCUT2D eigenvalue weighted by Gasteiger charge is -2.57. The van der Waals surface area contributed by atoms with Crippen LogP contribution in [0.5, 0.6) is 0 Å². The van der Waals surface area contributed by atoms with E-state index in [0.29, 0.717) is 22.2 Å². The maximum atomic E-state index is 7.83. The second kappa shape index (κ2) is 13.5. The fraction of sp³-hybridized carbons (Fsp3) is 0.750. The van der Waals surface area contributed by atoms with Crippen LogP contribution in [0.1, 0.15) is 128 Å². The van der Waals surface area contributed by atoms with E-state index in [1.54, 1.807) is 0 Å². The Bertz CT molecular complexity index is 733. The highest BCUT2D eigenvalue weighted by molar-refractivity contribution is 7.00. The SMILES string of the molecule is C=C[Si]1(C2CCCCC2)O[Si](C=C)(C2CCCCC2)O[Si](C=C)(C2CCCCC2)O[Si](C=C)(C2CCCCC2)O1. The minimum absolute atomic E-state index is 0.393. The smallest absolute Gasteiger partial charge is 0.350 e. The zero-order valence-corrected chi connectivity index (χ0v) is 29.2. The van der Waals surface area contributed by atoms with Gasteiger partial charge in [-0.3, -0.25) is 0 Å². The van der Waals surface area contributed by atoms with Crippen molar-refractivity contribution in [1.82, 2.24) is 0 Å². The summed E-state index contributed by atoms with van der Waals surface area (Å²) in [4.78, 5) is 0. The molecule has 4 aliphatic carbocycles. The van der Waals surface area contributed by atoms with E-state index in [9.17, 15) is 0 Å². The van der Waals surface area contributed by atoms with Crippen molar-refractivity contribution < 1.29 is 16.5 Å². The van der Waals surface area contributed by atoms with Gasteiger partial charge in [0.25, 0.3) is 0 Å². The van der Waals surface area contributed by atoms with E-state index in [-0.39, 0.29) is 0 Å². The Kier molecular flexibility index (Phi) is 10.5. The van der Waals surface area contributed by atoms with Crippen LogP contribution < -0.4 is 0 Å². The van der Waals surface area contributed by atoms with Gasteiger partial charge in [-0.15, -0.1) is 26.3 Å². The summed E-state index contributed by atoms with van der Waals surface area (Å²) in [7, 11) is -11.8. The fourth-order valence-electron chi connectivity index (χ4n) is 8.77. The summed E-state index contributed by atoms with van der Waals surface area (Å²) in [6, 6.07) is 0. The molecule has 5 rings (SSSR count). The normalized spacial score (nSPS) is 40.0. The lowest BCUT2D eigenvalue weighted by Crippen LogP contribution is -2.73. The van der Waals surface area contributed by atoms with Crippen LogP contribution in [-0.2, 0) is 16.5 Å². The maximum absolute atomic E-state index is 7.83. The van der Waals surface area contributed by atoms with Crippen LogP contribution in [0, 0.1) is 0 Å². The van der Waals surface area contributed by atoms with Gasteiger partial charge >= 0.3 is 34.2 Å². The molecule has 0 unspecified atom stereocenters. The summed E-state index contributed by atoms with van der Waals surface area (Å²) in [6.45, 7) is 18.0. The average molecular weight is 617 g/mol. The molecule has 0 amide bonds. The fourth-order valence-corrected chi connectivity index (χ4v) is 33.1. The molecule has 4 saturated carbocycles. The first-order chi connectivity index (χ1) is 19.5. The highest BCUT2D eigenvalue weighted by Gasteiger charge is 2.66. The quantitative estimate of drug-likeness (QED) is 0.254. The second-order valence-corrected chi connectivity index (χ2v) is 27.4. The lowest BCUT2D eigenvalue weighted by molar-refractivity contribution is 0.191. The Balaban J connectivity index is 1.68. The van der Waals surface area contributed by atoms with Gasteiger partial charge in [0.2, 0.25) is 0 Å². The Morgan fingerprint density at radius 3 is 0.650 bits per heavy atom. The summed E-state index contributed by atoms with van der Waals surface area (Å²) < 4.78 is 31.3. The van der Waals surface area contributed by atoms with Crippen LogP contribution in [0.2, 0.25) is 22.2 Å². The highest BCUT2D eigenvalue weighted by Crippen LogP contribution is 2.54. The monoisotopic (exact) mass is 616 g/mol. The zero-order chi connectivity index (χ0) is 28.1. The van der Waals surface area contributed by atoms with Crippen LogP contribution in [0.4, 0.5) is 0 Å². The molecule has 8 heteroatoms. The molecule has 1 heterocycles. The molecule has 0 aromatic heterocycles. The van der Waals surface area contributed by atoms with Crippen LogP contribution in [0.3, 0.4) is 0 Å². The van der Waals surface area contributed by atoms with Crippen molar-refractivity contribution in [3.05, 3.63) is 49.1 Å². The topological polar surface area (TPSA) is 36.9 Å². The molecule has 1 saturated heterocycles. The second-order valence-electron chi connectivity index (χ2n) is 13.5. The van der Waals surface area contributed by atoms with E-state index >= 15 is 0 Å². The third-order valence-corrected chi connectivity index (χ3v) is 30.5. The minimum Gasteiger partial charge on any atom is -0.409 e. The van der Waals surface area contributed by atoms with Gasteiger partial charge in [-0.25, -0.2) is 0 Å². The van der Waals surface area contributed by atoms with E-state index < -0.39 is 34.2 Å². The summed E-state index contributed by atoms with van der Waals surface area (Å²) >= 11 is 0. The molecule has 0 N–H and O–H groups in total. The van der Waals surface area contributed by atoms with Crippen molar-refractivity contribution in [2.75, 3.05) is 0 Å². The number of rotatable bonds is 8. The first-order valence-corrected chi connectivity index (χ1v) is 24.7. The minimum atomic E-state index is -2.96. The van der Waals surface area contributed by atoms with Crippen LogP contribution in [-0.4, -0.2) is 34.2 Å². The molecule has 0 radical (unpaired) electrons. The molecular weight excluding hydrogens is 561 g/mol. The Morgan fingerprint density at radius 2 is 0.500 bits per heavy atom. The van der Waals surface area contributed by atoms with Crippen molar-refractivity contribution >= 4 is 34.2 Å². The van der Waals surface area contributed by atoms with Crippen molar-refractivity contribution in [2.24, 2.45) is 0 Å². The van der Waals surface area contributed by atoms with Gasteiger partial charge in [0.1, 0.15) is 0 Å². The predicted molar refractivity (Wildman–Crippen MR) is 175 cm³/mol. The van der Waals surface area contributed by atoms with Crippen LogP contribution in [0.15, 0.2) is 49.1 Å². The van der Waals surface area contributed by atoms with Crippen molar-refractivity contribution in [2.45, 2.75) is 151 Å². The van der Waals surface area contributed by atoms with Gasteiger partial charge in [0, 0.05) is 22.2 Å². The largest absolute Gasteiger partial charge is 0.409 e. The summed E-state index contributed by atoms with van der Waals surface area (Å²) in [5.41, 5.74) is 10.2. The third kappa shape index (κ3) is 6.03. The van der Waals surface area contributed by atoms with Gasteiger partial charge in [-0.05, 0) is 51.4 Å². The Morgan fingerprint density at radius 1 is 0.325 bits per heavy atom. The van der Waals surface area contributed by atoms with Gasteiger partial charge in [0.05, 0.1) is 0 Å². The van der Waals surface area contributed by atoms with Crippen LogP contribution in [0.25, 0.3) is 0 Å². The van der Waals surface area contributed by atoms with Gasteiger partial charge in [-0.1, -0.05) is 99.8 Å². The van der Waals surface area contributed by atoms with E-state index in [2.05, 4.69) is 49.1 Å². The number of hydrogen-bond acceptors (Lipinski definition) is 4. The first kappa shape index (κ1) is 31.1. The molecule has 5 aliphatic rings. The predicted octanol–water partition coefficient (Wildman–Crippen LogP) is 10.1. The molecule has 0 aromatic carbocycles. The molecule has 1 aliphatic heterocycles. The number of hydrogen-bond donors (Lipinski definition) is 0. The molecule has 0 spiro atoms.